The van der Waals surface area contributed by atoms with Crippen LogP contribution in [0.3, 0.4) is 0 Å². The summed E-state index contributed by atoms with van der Waals surface area (Å²) in [7, 11) is 0. The van der Waals surface area contributed by atoms with Crippen molar-refractivity contribution in [2.45, 2.75) is 34.2 Å². The van der Waals surface area contributed by atoms with E-state index in [0.29, 0.717) is 11.6 Å². The summed E-state index contributed by atoms with van der Waals surface area (Å²) in [6.07, 6.45) is 1.73. The SMILES string of the molecule is Cc1ccnc(Oc2ccc3c(nnn3CC(C)(C)C)c2Br)c1. The van der Waals surface area contributed by atoms with Crippen LogP contribution in [0, 0.1) is 12.3 Å². The van der Waals surface area contributed by atoms with Gasteiger partial charge in [0, 0.05) is 18.8 Å². The van der Waals surface area contributed by atoms with Crippen molar-refractivity contribution in [3.63, 3.8) is 0 Å². The van der Waals surface area contributed by atoms with E-state index in [0.717, 1.165) is 27.6 Å². The fourth-order valence-corrected chi connectivity index (χ4v) is 2.80. The van der Waals surface area contributed by atoms with E-state index in [-0.39, 0.29) is 5.41 Å². The third-order valence-electron chi connectivity index (χ3n) is 3.32. The second kappa shape index (κ2) is 5.92. The van der Waals surface area contributed by atoms with Crippen molar-refractivity contribution in [1.82, 2.24) is 20.0 Å². The molecule has 0 spiro atoms. The molecule has 23 heavy (non-hydrogen) atoms. The summed E-state index contributed by atoms with van der Waals surface area (Å²) in [5.41, 5.74) is 3.01. The molecule has 2 aromatic heterocycles. The van der Waals surface area contributed by atoms with Gasteiger partial charge in [0.1, 0.15) is 11.3 Å². The van der Waals surface area contributed by atoms with Crippen molar-refractivity contribution in [2.24, 2.45) is 5.41 Å². The molecule has 0 amide bonds. The minimum atomic E-state index is 0.133. The van der Waals surface area contributed by atoms with Crippen LogP contribution in [0.2, 0.25) is 0 Å². The zero-order chi connectivity index (χ0) is 16.6. The highest BCUT2D eigenvalue weighted by Gasteiger charge is 2.17. The third kappa shape index (κ3) is 3.52. The van der Waals surface area contributed by atoms with Crippen LogP contribution in [0.4, 0.5) is 0 Å². The first kappa shape index (κ1) is 15.9. The Labute approximate surface area is 143 Å². The van der Waals surface area contributed by atoms with Gasteiger partial charge in [-0.2, -0.15) is 0 Å². The number of fused-ring (bicyclic) bond motifs is 1. The van der Waals surface area contributed by atoms with E-state index >= 15 is 0 Å². The topological polar surface area (TPSA) is 52.8 Å². The van der Waals surface area contributed by atoms with Crippen LogP contribution >= 0.6 is 15.9 Å². The monoisotopic (exact) mass is 374 g/mol. The molecule has 0 aliphatic heterocycles. The Kier molecular flexibility index (Phi) is 4.10. The molecule has 6 heteroatoms. The molecule has 2 heterocycles. The number of aromatic nitrogens is 4. The molecular formula is C17H19BrN4O. The number of nitrogens with zero attached hydrogens (tertiary/aromatic N) is 4. The van der Waals surface area contributed by atoms with Gasteiger partial charge in [-0.25, -0.2) is 9.67 Å². The van der Waals surface area contributed by atoms with Gasteiger partial charge in [-0.05, 0) is 52.0 Å². The second-order valence-corrected chi connectivity index (χ2v) is 7.62. The fourth-order valence-electron chi connectivity index (χ4n) is 2.31. The molecule has 5 nitrogen and oxygen atoms in total. The number of halogens is 1. The van der Waals surface area contributed by atoms with Crippen molar-refractivity contribution >= 4 is 27.0 Å². The maximum Gasteiger partial charge on any atom is 0.219 e. The first-order valence-corrected chi connectivity index (χ1v) is 8.25. The van der Waals surface area contributed by atoms with Gasteiger partial charge in [-0.3, -0.25) is 0 Å². The van der Waals surface area contributed by atoms with Crippen LogP contribution in [0.15, 0.2) is 34.9 Å². The molecule has 3 rings (SSSR count). The number of hydrogen-bond donors (Lipinski definition) is 0. The summed E-state index contributed by atoms with van der Waals surface area (Å²) in [6.45, 7) is 9.34. The molecule has 0 saturated carbocycles. The van der Waals surface area contributed by atoms with E-state index < -0.39 is 0 Å². The van der Waals surface area contributed by atoms with Crippen molar-refractivity contribution in [2.75, 3.05) is 0 Å². The van der Waals surface area contributed by atoms with E-state index in [1.54, 1.807) is 6.20 Å². The zero-order valence-corrected chi connectivity index (χ0v) is 15.3. The number of benzene rings is 1. The minimum absolute atomic E-state index is 0.133. The molecule has 1 aromatic carbocycles. The van der Waals surface area contributed by atoms with Crippen molar-refractivity contribution in [3.8, 4) is 11.6 Å². The number of aryl methyl sites for hydroxylation is 1. The lowest BCUT2D eigenvalue weighted by Crippen LogP contribution is -2.16. The highest BCUT2D eigenvalue weighted by Crippen LogP contribution is 2.34. The maximum atomic E-state index is 5.87. The third-order valence-corrected chi connectivity index (χ3v) is 4.09. The van der Waals surface area contributed by atoms with Gasteiger partial charge in [0.15, 0.2) is 0 Å². The highest BCUT2D eigenvalue weighted by atomic mass is 79.9. The van der Waals surface area contributed by atoms with Crippen LogP contribution < -0.4 is 4.74 Å². The summed E-state index contributed by atoms with van der Waals surface area (Å²) in [6, 6.07) is 7.73. The summed E-state index contributed by atoms with van der Waals surface area (Å²) >= 11 is 3.58. The Balaban J connectivity index is 1.96. The smallest absolute Gasteiger partial charge is 0.219 e. The van der Waals surface area contributed by atoms with Gasteiger partial charge in [-0.15, -0.1) is 5.10 Å². The molecule has 0 N–H and O–H groups in total. The van der Waals surface area contributed by atoms with Gasteiger partial charge in [-0.1, -0.05) is 26.0 Å². The Morgan fingerprint density at radius 3 is 2.70 bits per heavy atom. The van der Waals surface area contributed by atoms with Crippen LogP contribution in [-0.4, -0.2) is 20.0 Å². The lowest BCUT2D eigenvalue weighted by atomic mass is 9.97. The average Bonchev–Trinajstić information content (AvgIpc) is 2.84. The quantitative estimate of drug-likeness (QED) is 0.664. The van der Waals surface area contributed by atoms with Crippen LogP contribution in [0.1, 0.15) is 26.3 Å². The molecule has 0 unspecified atom stereocenters. The number of rotatable bonds is 3. The molecule has 120 valence electrons. The summed E-state index contributed by atoms with van der Waals surface area (Å²) in [5.74, 6) is 1.24. The molecule has 0 radical (unpaired) electrons. The Bertz CT molecular complexity index is 851. The molecular weight excluding hydrogens is 356 g/mol. The molecule has 0 atom stereocenters. The van der Waals surface area contributed by atoms with E-state index in [1.807, 2.05) is 35.9 Å². The summed E-state index contributed by atoms with van der Waals surface area (Å²) in [5, 5.41) is 8.56. The van der Waals surface area contributed by atoms with E-state index in [2.05, 4.69) is 52.0 Å². The average molecular weight is 375 g/mol. The molecule has 0 fully saturated rings. The predicted molar refractivity (Wildman–Crippen MR) is 93.7 cm³/mol. The van der Waals surface area contributed by atoms with Gasteiger partial charge in [0.05, 0.1) is 9.99 Å². The van der Waals surface area contributed by atoms with Crippen LogP contribution in [0.25, 0.3) is 11.0 Å². The summed E-state index contributed by atoms with van der Waals surface area (Å²) < 4.78 is 8.59. The predicted octanol–water partition coefficient (Wildman–Crippen LogP) is 4.74. The molecule has 0 bridgehead atoms. The van der Waals surface area contributed by atoms with Crippen LogP contribution in [0.5, 0.6) is 11.6 Å². The maximum absolute atomic E-state index is 5.87. The Morgan fingerprint density at radius 1 is 1.22 bits per heavy atom. The van der Waals surface area contributed by atoms with E-state index in [1.165, 1.54) is 0 Å². The Hall–Kier alpha value is -1.95. The van der Waals surface area contributed by atoms with Gasteiger partial charge >= 0.3 is 0 Å². The van der Waals surface area contributed by atoms with Gasteiger partial charge in [0.25, 0.3) is 0 Å². The second-order valence-electron chi connectivity index (χ2n) is 6.83. The van der Waals surface area contributed by atoms with Crippen molar-refractivity contribution in [3.05, 3.63) is 40.5 Å². The lowest BCUT2D eigenvalue weighted by Gasteiger charge is -2.17. The van der Waals surface area contributed by atoms with Crippen molar-refractivity contribution in [1.29, 1.82) is 0 Å². The Morgan fingerprint density at radius 2 is 2.00 bits per heavy atom. The van der Waals surface area contributed by atoms with Crippen LogP contribution in [-0.2, 0) is 6.54 Å². The summed E-state index contributed by atoms with van der Waals surface area (Å²) in [4.78, 5) is 4.23. The standard InChI is InChI=1S/C17H19BrN4O/c1-11-7-8-19-14(9-11)23-13-6-5-12-16(15(13)18)20-21-22(12)10-17(2,3)4/h5-9H,10H2,1-4H3. The first-order chi connectivity index (χ1) is 10.8. The fraction of sp³-hybridized carbons (Fsp3) is 0.353. The van der Waals surface area contributed by atoms with Gasteiger partial charge < -0.3 is 4.74 Å². The minimum Gasteiger partial charge on any atom is -0.438 e. The number of pyridine rings is 1. The molecule has 3 aromatic rings. The molecule has 0 saturated heterocycles. The van der Waals surface area contributed by atoms with E-state index in [9.17, 15) is 0 Å². The number of hydrogen-bond acceptors (Lipinski definition) is 4. The first-order valence-electron chi connectivity index (χ1n) is 7.46. The number of ether oxygens (including phenoxy) is 1. The molecule has 0 aliphatic rings. The molecule has 0 aliphatic carbocycles. The van der Waals surface area contributed by atoms with E-state index in [4.69, 9.17) is 4.74 Å². The zero-order valence-electron chi connectivity index (χ0n) is 13.7. The normalized spacial score (nSPS) is 11.9. The largest absolute Gasteiger partial charge is 0.438 e. The van der Waals surface area contributed by atoms with Gasteiger partial charge in [0.2, 0.25) is 5.88 Å². The lowest BCUT2D eigenvalue weighted by molar-refractivity contribution is 0.327. The highest BCUT2D eigenvalue weighted by molar-refractivity contribution is 9.10. The van der Waals surface area contributed by atoms with Crippen molar-refractivity contribution < 1.29 is 4.74 Å².